The predicted molar refractivity (Wildman–Crippen MR) is 50.7 cm³/mol. The third-order valence-electron chi connectivity index (χ3n) is 0.403. The molecule has 0 bridgehead atoms. The summed E-state index contributed by atoms with van der Waals surface area (Å²) in [5, 5.41) is 7.57. The maximum atomic E-state index is 8.31. The van der Waals surface area contributed by atoms with Crippen molar-refractivity contribution in [2.45, 2.75) is 26.6 Å². The molecule has 0 aliphatic carbocycles. The Morgan fingerprint density at radius 1 is 1.00 bits per heavy atom. The molecule has 0 unspecified atom stereocenters. The van der Waals surface area contributed by atoms with Crippen molar-refractivity contribution < 1.29 is 28.6 Å². The Balaban J connectivity index is 0. The Hall–Kier alpha value is 0.194. The third kappa shape index (κ3) is 24.5. The molecule has 0 rings (SSSR count). The second-order valence-electron chi connectivity index (χ2n) is 3.17. The van der Waals surface area contributed by atoms with E-state index in [-0.39, 0.29) is 6.61 Å². The fourth-order valence-electron chi connectivity index (χ4n) is 0.181. The van der Waals surface area contributed by atoms with Crippen LogP contribution in [0.1, 0.15) is 6.92 Å². The molecule has 0 saturated carbocycles. The van der Waals surface area contributed by atoms with Crippen molar-refractivity contribution in [3.05, 3.63) is 0 Å². The average molecular weight is 230 g/mol. The molecule has 0 aromatic heterocycles. The van der Waals surface area contributed by atoms with Crippen LogP contribution < -0.4 is 0 Å². The van der Waals surface area contributed by atoms with Crippen molar-refractivity contribution in [3.8, 4) is 0 Å². The van der Waals surface area contributed by atoms with Crippen molar-refractivity contribution in [2.24, 2.45) is 0 Å². The summed E-state index contributed by atoms with van der Waals surface area (Å²) in [6.45, 7) is 7.29. The summed E-state index contributed by atoms with van der Waals surface area (Å²) in [4.78, 5) is 24.9. The second-order valence-corrected chi connectivity index (χ2v) is 8.87. The summed E-state index contributed by atoms with van der Waals surface area (Å²) < 4.78 is 8.51. The average Bonchev–Trinajstić information content (AvgIpc) is 1.82. The molecule has 0 aromatic rings. The zero-order valence-corrected chi connectivity index (χ0v) is 10.3. The Kier molecular flexibility index (Phi) is 7.97. The Morgan fingerprint density at radius 2 is 1.31 bits per heavy atom. The summed E-state index contributed by atoms with van der Waals surface area (Å²) in [7, 11) is -6.39. The summed E-state index contributed by atoms with van der Waals surface area (Å²) in [6.07, 6.45) is 0. The normalized spacial score (nSPS) is 12.0. The molecule has 0 aliphatic heterocycles. The smallest absolute Gasteiger partial charge is 0.397 e. The van der Waals surface area contributed by atoms with E-state index in [0.29, 0.717) is 0 Å². The molecule has 0 aromatic carbocycles. The molecule has 0 amide bonds. The van der Waals surface area contributed by atoms with Crippen LogP contribution in [0.2, 0.25) is 19.6 Å². The number of rotatable bonds is 3. The molecular weight excluding hydrogens is 212 g/mol. The maximum Gasteiger partial charge on any atom is 0.698 e. The molecule has 0 heterocycles. The van der Waals surface area contributed by atoms with Crippen LogP contribution >= 0.6 is 0 Å². The molecule has 8 heteroatoms. The highest BCUT2D eigenvalue weighted by molar-refractivity contribution is 6.69. The molecule has 82 valence electrons. The lowest BCUT2D eigenvalue weighted by atomic mass is 10.9. The molecule has 0 saturated heterocycles. The van der Waals surface area contributed by atoms with Crippen molar-refractivity contribution >= 4 is 17.4 Å². The highest BCUT2D eigenvalue weighted by atomic mass is 28.4. The first-order valence-electron chi connectivity index (χ1n) is 3.77. The van der Waals surface area contributed by atoms with Gasteiger partial charge in [0, 0.05) is 6.61 Å². The Morgan fingerprint density at radius 3 is 1.38 bits per heavy atom. The highest BCUT2D eigenvalue weighted by Gasteiger charge is 2.35. The molecule has 0 fully saturated rings. The minimum absolute atomic E-state index is 0.250. The second kappa shape index (κ2) is 6.62. The third-order valence-corrected chi connectivity index (χ3v) is 1.46. The lowest BCUT2D eigenvalue weighted by Crippen LogP contribution is -2.42. The lowest BCUT2D eigenvalue weighted by Gasteiger charge is -2.17. The van der Waals surface area contributed by atoms with E-state index >= 15 is 0 Å². The molecular formula is C5H18O6Si2. The molecule has 13 heavy (non-hydrogen) atoms. The number of aliphatic hydroxyl groups excluding tert-OH is 1. The molecule has 0 aliphatic rings. The van der Waals surface area contributed by atoms with E-state index in [1.165, 1.54) is 0 Å². The van der Waals surface area contributed by atoms with Gasteiger partial charge in [-0.05, 0) is 26.6 Å². The lowest BCUT2D eigenvalue weighted by molar-refractivity contribution is -0.187. The van der Waals surface area contributed by atoms with Gasteiger partial charge in [-0.15, -0.1) is 0 Å². The first kappa shape index (κ1) is 15.7. The monoisotopic (exact) mass is 230 g/mol. The van der Waals surface area contributed by atoms with Crippen molar-refractivity contribution in [1.82, 2.24) is 0 Å². The summed E-state index contributed by atoms with van der Waals surface area (Å²) in [5.74, 6) is 0. The largest absolute Gasteiger partial charge is 0.698 e. The van der Waals surface area contributed by atoms with Crippen LogP contribution in [0, 0.1) is 0 Å². The first-order chi connectivity index (χ1) is 5.62. The van der Waals surface area contributed by atoms with Gasteiger partial charge in [0.05, 0.1) is 0 Å². The number of hydrogen-bond acceptors (Lipinski definition) is 6. The van der Waals surface area contributed by atoms with Gasteiger partial charge < -0.3 is 19.5 Å². The van der Waals surface area contributed by atoms with E-state index in [0.717, 1.165) is 0 Å². The zero-order valence-electron chi connectivity index (χ0n) is 8.31. The van der Waals surface area contributed by atoms with Gasteiger partial charge in [-0.2, -0.15) is 0 Å². The first-order valence-corrected chi connectivity index (χ1v) is 8.93. The van der Waals surface area contributed by atoms with Gasteiger partial charge in [0.2, 0.25) is 8.32 Å². The summed E-state index contributed by atoms with van der Waals surface area (Å²) >= 11 is 0. The molecule has 4 N–H and O–H groups in total. The van der Waals surface area contributed by atoms with Crippen molar-refractivity contribution in [3.63, 3.8) is 0 Å². The zero-order chi connectivity index (χ0) is 11.1. The fourth-order valence-corrected chi connectivity index (χ4v) is 1.63. The van der Waals surface area contributed by atoms with E-state index < -0.39 is 17.4 Å². The Bertz CT molecular complexity index is 103. The minimum atomic E-state index is -4.45. The Labute approximate surface area is 79.9 Å². The fraction of sp³-hybridized carbons (Fsp3) is 1.00. The van der Waals surface area contributed by atoms with Gasteiger partial charge in [0.25, 0.3) is 0 Å². The quantitative estimate of drug-likeness (QED) is 0.287. The van der Waals surface area contributed by atoms with Crippen LogP contribution in [0.3, 0.4) is 0 Å². The van der Waals surface area contributed by atoms with Crippen molar-refractivity contribution in [1.29, 1.82) is 0 Å². The molecule has 6 nitrogen and oxygen atoms in total. The van der Waals surface area contributed by atoms with E-state index in [1.54, 1.807) is 26.6 Å². The maximum absolute atomic E-state index is 8.31. The van der Waals surface area contributed by atoms with E-state index in [4.69, 9.17) is 19.5 Å². The molecule has 0 radical (unpaired) electrons. The number of aliphatic hydroxyl groups is 1. The van der Waals surface area contributed by atoms with Crippen LogP contribution in [0.4, 0.5) is 0 Å². The summed E-state index contributed by atoms with van der Waals surface area (Å²) in [6, 6.07) is 0. The van der Waals surface area contributed by atoms with E-state index in [1.807, 2.05) is 0 Å². The van der Waals surface area contributed by atoms with E-state index in [9.17, 15) is 0 Å². The van der Waals surface area contributed by atoms with Gasteiger partial charge in [0.15, 0.2) is 0 Å². The minimum Gasteiger partial charge on any atom is -0.397 e. The molecule has 0 spiro atoms. The van der Waals surface area contributed by atoms with Crippen LogP contribution in [-0.4, -0.2) is 43.5 Å². The highest BCUT2D eigenvalue weighted by Crippen LogP contribution is 2.04. The van der Waals surface area contributed by atoms with Gasteiger partial charge in [-0.3, -0.25) is 4.58 Å². The predicted octanol–water partition coefficient (Wildman–Crippen LogP) is -0.819. The topological polar surface area (TPSA) is 99.4 Å². The van der Waals surface area contributed by atoms with Gasteiger partial charge in [-0.25, -0.2) is 4.58 Å². The standard InChI is InChI=1S/C3H12O5Si2.C2H6O/c1-9(2,3)7-8-10(4,5)6;1-2-3/h4-6H,1-3H3;3H,2H2,1H3. The van der Waals surface area contributed by atoms with Gasteiger partial charge in [0.1, 0.15) is 0 Å². The van der Waals surface area contributed by atoms with E-state index in [2.05, 4.69) is 9.15 Å². The van der Waals surface area contributed by atoms with Gasteiger partial charge >= 0.3 is 9.05 Å². The van der Waals surface area contributed by atoms with Crippen molar-refractivity contribution in [2.75, 3.05) is 6.61 Å². The summed E-state index contributed by atoms with van der Waals surface area (Å²) in [5.41, 5.74) is 0. The van der Waals surface area contributed by atoms with Crippen LogP contribution in [0.5, 0.6) is 0 Å². The van der Waals surface area contributed by atoms with Crippen LogP contribution in [0.15, 0.2) is 0 Å². The number of hydrogen-bond donors (Lipinski definition) is 4. The molecule has 0 atom stereocenters. The van der Waals surface area contributed by atoms with Gasteiger partial charge in [-0.1, -0.05) is 0 Å². The van der Waals surface area contributed by atoms with Crippen LogP contribution in [0.25, 0.3) is 0 Å². The SMILES string of the molecule is CCO.C[Si](C)(C)OO[Si](O)(O)O. The van der Waals surface area contributed by atoms with Crippen LogP contribution in [-0.2, 0) is 9.15 Å².